The van der Waals surface area contributed by atoms with Crippen LogP contribution in [0.25, 0.3) is 0 Å². The molecule has 1 atom stereocenters. The predicted octanol–water partition coefficient (Wildman–Crippen LogP) is 1.54. The molecule has 2 rings (SSSR count). The van der Waals surface area contributed by atoms with E-state index in [1.165, 1.54) is 19.2 Å². The second kappa shape index (κ2) is 6.03. The van der Waals surface area contributed by atoms with Gasteiger partial charge in [-0.05, 0) is 49.4 Å². The summed E-state index contributed by atoms with van der Waals surface area (Å²) in [6.07, 6.45) is 1.53. The molecule has 0 saturated heterocycles. The number of sulfonamides is 1. The van der Waals surface area contributed by atoms with E-state index in [4.69, 9.17) is 9.84 Å². The van der Waals surface area contributed by atoms with Crippen LogP contribution in [0.2, 0.25) is 0 Å². The third-order valence-electron chi connectivity index (χ3n) is 3.57. The maximum atomic E-state index is 12.4. The van der Waals surface area contributed by atoms with Gasteiger partial charge in [0.15, 0.2) is 0 Å². The zero-order chi connectivity index (χ0) is 15.6. The van der Waals surface area contributed by atoms with Gasteiger partial charge in [0, 0.05) is 6.04 Å². The smallest absolute Gasteiger partial charge is 0.304 e. The van der Waals surface area contributed by atoms with Gasteiger partial charge in [-0.15, -0.1) is 0 Å². The van der Waals surface area contributed by atoms with Crippen LogP contribution in [0, 0.1) is 12.8 Å². The molecule has 7 heteroatoms. The Hall–Kier alpha value is -1.60. The minimum absolute atomic E-state index is 0.121. The van der Waals surface area contributed by atoms with Gasteiger partial charge in [-0.1, -0.05) is 0 Å². The van der Waals surface area contributed by atoms with Crippen molar-refractivity contribution < 1.29 is 23.1 Å². The van der Waals surface area contributed by atoms with Crippen molar-refractivity contribution in [3.8, 4) is 5.75 Å². The molecule has 0 aromatic heterocycles. The van der Waals surface area contributed by atoms with Gasteiger partial charge in [-0.2, -0.15) is 0 Å². The lowest BCUT2D eigenvalue weighted by Gasteiger charge is -2.17. The molecule has 0 bridgehead atoms. The number of benzene rings is 1. The van der Waals surface area contributed by atoms with Crippen LogP contribution in [0.3, 0.4) is 0 Å². The third kappa shape index (κ3) is 3.95. The highest BCUT2D eigenvalue weighted by Crippen LogP contribution is 2.35. The standard InChI is InChI=1S/C14H19NO5S/c1-9-7-11(5-6-13(9)20-2)21(18,19)15-12(8-14(16)17)10-3-4-10/h5-7,10,12,15H,3-4,8H2,1-2H3,(H,16,17). The van der Waals surface area contributed by atoms with E-state index in [1.54, 1.807) is 13.0 Å². The number of aliphatic carboxylic acids is 1. The Kier molecular flexibility index (Phi) is 4.53. The van der Waals surface area contributed by atoms with E-state index in [0.29, 0.717) is 11.3 Å². The van der Waals surface area contributed by atoms with Crippen molar-refractivity contribution in [2.75, 3.05) is 7.11 Å². The monoisotopic (exact) mass is 313 g/mol. The Bertz CT molecular complexity index is 637. The summed E-state index contributed by atoms with van der Waals surface area (Å²) in [6.45, 7) is 1.76. The molecule has 6 nitrogen and oxygen atoms in total. The van der Waals surface area contributed by atoms with Crippen LogP contribution < -0.4 is 9.46 Å². The first-order valence-corrected chi connectivity index (χ1v) is 8.20. The van der Waals surface area contributed by atoms with Crippen molar-refractivity contribution in [3.05, 3.63) is 23.8 Å². The molecule has 1 aromatic carbocycles. The average Bonchev–Trinajstić information content (AvgIpc) is 3.21. The van der Waals surface area contributed by atoms with Crippen molar-refractivity contribution >= 4 is 16.0 Å². The fourth-order valence-electron chi connectivity index (χ4n) is 2.28. The van der Waals surface area contributed by atoms with Gasteiger partial charge in [-0.25, -0.2) is 13.1 Å². The predicted molar refractivity (Wildman–Crippen MR) is 76.8 cm³/mol. The quantitative estimate of drug-likeness (QED) is 0.796. The molecule has 1 saturated carbocycles. The molecule has 0 aliphatic heterocycles. The molecule has 2 N–H and O–H groups in total. The first-order valence-electron chi connectivity index (χ1n) is 6.72. The second-order valence-electron chi connectivity index (χ2n) is 5.29. The molecule has 0 radical (unpaired) electrons. The molecule has 1 aliphatic rings. The summed E-state index contributed by atoms with van der Waals surface area (Å²) in [5, 5.41) is 8.89. The van der Waals surface area contributed by atoms with Crippen molar-refractivity contribution in [2.24, 2.45) is 5.92 Å². The molecule has 1 unspecified atom stereocenters. The van der Waals surface area contributed by atoms with Gasteiger partial charge in [0.2, 0.25) is 10.0 Å². The van der Waals surface area contributed by atoms with Crippen LogP contribution in [0.5, 0.6) is 5.75 Å². The Labute approximate surface area is 124 Å². The molecule has 116 valence electrons. The summed E-state index contributed by atoms with van der Waals surface area (Å²) < 4.78 is 32.3. The zero-order valence-corrected chi connectivity index (χ0v) is 12.8. The van der Waals surface area contributed by atoms with Crippen LogP contribution in [0.4, 0.5) is 0 Å². The van der Waals surface area contributed by atoms with Crippen molar-refractivity contribution in [3.63, 3.8) is 0 Å². The van der Waals surface area contributed by atoms with Crippen LogP contribution in [-0.4, -0.2) is 32.6 Å². The highest BCUT2D eigenvalue weighted by Gasteiger charge is 2.35. The fraction of sp³-hybridized carbons (Fsp3) is 0.500. The van der Waals surface area contributed by atoms with E-state index >= 15 is 0 Å². The lowest BCUT2D eigenvalue weighted by molar-refractivity contribution is -0.137. The van der Waals surface area contributed by atoms with Crippen molar-refractivity contribution in [1.82, 2.24) is 4.72 Å². The highest BCUT2D eigenvalue weighted by atomic mass is 32.2. The van der Waals surface area contributed by atoms with E-state index in [1.807, 2.05) is 0 Å². The maximum absolute atomic E-state index is 12.4. The minimum Gasteiger partial charge on any atom is -0.496 e. The normalized spacial score (nSPS) is 16.5. The zero-order valence-electron chi connectivity index (χ0n) is 12.0. The Balaban J connectivity index is 2.20. The van der Waals surface area contributed by atoms with E-state index in [2.05, 4.69) is 4.72 Å². The first kappa shape index (κ1) is 15.8. The molecule has 0 spiro atoms. The van der Waals surface area contributed by atoms with Crippen molar-refractivity contribution in [2.45, 2.75) is 37.1 Å². The number of carbonyl (C=O) groups is 1. The average molecular weight is 313 g/mol. The van der Waals surface area contributed by atoms with Gasteiger partial charge in [0.1, 0.15) is 5.75 Å². The highest BCUT2D eigenvalue weighted by molar-refractivity contribution is 7.89. The van der Waals surface area contributed by atoms with Crippen LogP contribution in [-0.2, 0) is 14.8 Å². The molecule has 1 aliphatic carbocycles. The fourth-order valence-corrected chi connectivity index (χ4v) is 3.67. The number of hydrogen-bond acceptors (Lipinski definition) is 4. The number of aryl methyl sites for hydroxylation is 1. The molecular weight excluding hydrogens is 294 g/mol. The summed E-state index contributed by atoms with van der Waals surface area (Å²) in [6, 6.07) is 4.02. The topological polar surface area (TPSA) is 92.7 Å². The number of nitrogens with one attached hydrogen (secondary N) is 1. The Morgan fingerprint density at radius 3 is 2.62 bits per heavy atom. The first-order chi connectivity index (χ1) is 9.83. The van der Waals surface area contributed by atoms with Crippen LogP contribution in [0.15, 0.2) is 23.1 Å². The van der Waals surface area contributed by atoms with Crippen molar-refractivity contribution in [1.29, 1.82) is 0 Å². The molecule has 0 heterocycles. The summed E-state index contributed by atoms with van der Waals surface area (Å²) in [5.74, 6) is -0.269. The Morgan fingerprint density at radius 2 is 2.14 bits per heavy atom. The number of carboxylic acid groups (broad SMARTS) is 1. The van der Waals surface area contributed by atoms with E-state index in [0.717, 1.165) is 12.8 Å². The van der Waals surface area contributed by atoms with Gasteiger partial charge >= 0.3 is 5.97 Å². The van der Waals surface area contributed by atoms with E-state index in [-0.39, 0.29) is 17.2 Å². The molecular formula is C14H19NO5S. The van der Waals surface area contributed by atoms with Gasteiger partial charge < -0.3 is 9.84 Å². The minimum atomic E-state index is -3.73. The summed E-state index contributed by atoms with van der Waals surface area (Å²) in [4.78, 5) is 11.0. The molecule has 1 fully saturated rings. The summed E-state index contributed by atoms with van der Waals surface area (Å²) >= 11 is 0. The third-order valence-corrected chi connectivity index (χ3v) is 5.06. The molecule has 0 amide bonds. The van der Waals surface area contributed by atoms with Gasteiger partial charge in [0.25, 0.3) is 0 Å². The Morgan fingerprint density at radius 1 is 1.48 bits per heavy atom. The van der Waals surface area contributed by atoms with Gasteiger partial charge in [0.05, 0.1) is 18.4 Å². The number of carboxylic acids is 1. The number of methoxy groups -OCH3 is 1. The van der Waals surface area contributed by atoms with Crippen LogP contribution in [0.1, 0.15) is 24.8 Å². The lowest BCUT2D eigenvalue weighted by Crippen LogP contribution is -2.38. The lowest BCUT2D eigenvalue weighted by atomic mass is 10.1. The van der Waals surface area contributed by atoms with Crippen LogP contribution >= 0.6 is 0 Å². The summed E-state index contributed by atoms with van der Waals surface area (Å²) in [7, 11) is -2.21. The number of hydrogen-bond donors (Lipinski definition) is 2. The largest absolute Gasteiger partial charge is 0.496 e. The maximum Gasteiger partial charge on any atom is 0.304 e. The van der Waals surface area contributed by atoms with E-state index in [9.17, 15) is 13.2 Å². The molecule has 1 aromatic rings. The summed E-state index contributed by atoms with van der Waals surface area (Å²) in [5.41, 5.74) is 0.710. The van der Waals surface area contributed by atoms with E-state index < -0.39 is 22.0 Å². The SMILES string of the molecule is COc1ccc(S(=O)(=O)NC(CC(=O)O)C2CC2)cc1C. The number of rotatable bonds is 7. The number of ether oxygens (including phenoxy) is 1. The molecule has 21 heavy (non-hydrogen) atoms. The second-order valence-corrected chi connectivity index (χ2v) is 7.01. The van der Waals surface area contributed by atoms with Gasteiger partial charge in [-0.3, -0.25) is 4.79 Å².